The maximum absolute atomic E-state index is 14.1. The van der Waals surface area contributed by atoms with Crippen molar-refractivity contribution in [2.75, 3.05) is 141 Å². The monoisotopic (exact) mass is 1330 g/mol. The summed E-state index contributed by atoms with van der Waals surface area (Å²) in [7, 11) is -1.67. The smallest absolute Gasteiger partial charge is 0.313 e. The van der Waals surface area contributed by atoms with Gasteiger partial charge in [0.25, 0.3) is 0 Å². The number of hydrazine groups is 2. The zero-order valence-electron chi connectivity index (χ0n) is 52.2. The first-order valence-corrected chi connectivity index (χ1v) is 33.8. The fourth-order valence-corrected chi connectivity index (χ4v) is 11.6. The third-order valence-corrected chi connectivity index (χ3v) is 16.9. The fourth-order valence-electron chi connectivity index (χ4n) is 11.1. The first-order valence-electron chi connectivity index (χ1n) is 30.3. The van der Waals surface area contributed by atoms with E-state index in [1.807, 2.05) is 14.7 Å². The number of anilines is 8. The molecule has 3 fully saturated rings. The SMILES string of the molecule is C#Cc1nc2c3cnn(CCN4CCN(c5ccc(F)cc5F)CC4)c3nc(N)n2n1.C[Si](C)(C)C#CC(=O)NNc1nc(N)nc2c1cnn2CCN1CCN(c2ccc(F)cc2F)CC1.NNc1nc(N)nc2c1cnn2CCN1CCN(c2ccc(F)cc2F)CC1. The van der Waals surface area contributed by atoms with Gasteiger partial charge in [-0.2, -0.15) is 49.7 Å². The molecule has 13 rings (SSSR count). The Balaban J connectivity index is 0.000000146. The number of carbonyl (C=O) groups is 1. The Kier molecular flexibility index (Phi) is 19.9. The van der Waals surface area contributed by atoms with E-state index in [9.17, 15) is 31.1 Å². The second-order valence-corrected chi connectivity index (χ2v) is 28.2. The average molecular weight is 1330 g/mol. The van der Waals surface area contributed by atoms with Crippen LogP contribution in [0.15, 0.2) is 73.2 Å². The molecule has 7 aromatic heterocycles. The number of aromatic nitrogens is 14. The molecular formula is C60H69F6N27OSi. The van der Waals surface area contributed by atoms with E-state index < -0.39 is 48.9 Å². The standard InChI is InChI=1S/C23H29F2N9OSi.C20H19F2N9.C17H21F2N9/c1-36(2,3)13-6-20(35)30-31-21-17-15-27-34(22(17)29-23(26)28-21)12-9-32-7-10-33(11-8-32)19-5-4-16(24)14-18(19)25;1-2-17-25-19-14-12-24-30(18(14)26-20(23)31(19)27-17)10-7-28-5-8-29(9-6-28)16-4-3-13(21)11-15(16)22;18-11-1-2-14(13(19)9-11)27-6-3-26(4-7-27)5-8-28-16-12(10-22-28)15(25-21)23-17(20)24-16/h4-5,14-15H,7-12H2,1-3H3,(H,30,35)(H3,26,28,29,31);1,3-4,11-12H,5-10H2,(H2,23,26);1-2,9-10H,3-8,21H2,(H3,20,23,24,25). The fraction of sp³-hybridized carbons (Fsp3) is 0.350. The Morgan fingerprint density at radius 2 is 0.926 bits per heavy atom. The third-order valence-electron chi connectivity index (χ3n) is 16.0. The van der Waals surface area contributed by atoms with E-state index in [2.05, 4.69) is 118 Å². The lowest BCUT2D eigenvalue weighted by Crippen LogP contribution is -2.47. The van der Waals surface area contributed by atoms with Gasteiger partial charge in [0.2, 0.25) is 23.7 Å². The molecular weight excluding hydrogens is 1260 g/mol. The number of terminal acetylenes is 1. The van der Waals surface area contributed by atoms with E-state index in [-0.39, 0.29) is 23.7 Å². The minimum Gasteiger partial charge on any atom is -0.368 e. The average Bonchev–Trinajstić information content (AvgIpc) is 1.62. The van der Waals surface area contributed by atoms with Crippen molar-refractivity contribution in [3.63, 3.8) is 0 Å². The first-order chi connectivity index (χ1) is 45.7. The van der Waals surface area contributed by atoms with E-state index in [1.54, 1.807) is 32.6 Å². The molecule has 28 nitrogen and oxygen atoms in total. The van der Waals surface area contributed by atoms with Crippen molar-refractivity contribution in [2.24, 2.45) is 5.84 Å². The van der Waals surface area contributed by atoms with Gasteiger partial charge in [-0.25, -0.2) is 46.2 Å². The third kappa shape index (κ3) is 15.7. The number of carbonyl (C=O) groups excluding carboxylic acids is 1. The number of halogens is 6. The summed E-state index contributed by atoms with van der Waals surface area (Å²) in [5.41, 5.74) is 32.0. The molecule has 0 radical (unpaired) electrons. The van der Waals surface area contributed by atoms with Crippen LogP contribution in [-0.4, -0.2) is 196 Å². The molecule has 35 heteroatoms. The quantitative estimate of drug-likeness (QED) is 0.0253. The van der Waals surface area contributed by atoms with Gasteiger partial charge in [-0.15, -0.1) is 17.1 Å². The summed E-state index contributed by atoms with van der Waals surface area (Å²) >= 11 is 0. The van der Waals surface area contributed by atoms with Crippen LogP contribution in [0, 0.1) is 58.7 Å². The summed E-state index contributed by atoms with van der Waals surface area (Å²) in [6, 6.07) is 11.0. The van der Waals surface area contributed by atoms with Gasteiger partial charge < -0.3 is 37.3 Å². The number of rotatable bonds is 15. The lowest BCUT2D eigenvalue weighted by Gasteiger charge is -2.36. The van der Waals surface area contributed by atoms with Crippen molar-refractivity contribution in [1.29, 1.82) is 0 Å². The number of amides is 1. The van der Waals surface area contributed by atoms with Crippen molar-refractivity contribution in [2.45, 2.75) is 39.3 Å². The van der Waals surface area contributed by atoms with E-state index in [0.29, 0.717) is 128 Å². The molecule has 10 heterocycles. The molecule has 11 N–H and O–H groups in total. The number of nitrogen functional groups attached to an aromatic ring is 4. The Morgan fingerprint density at radius 3 is 1.33 bits per heavy atom. The number of hydrogen-bond donors (Lipinski definition) is 7. The van der Waals surface area contributed by atoms with Crippen molar-refractivity contribution in [3.8, 4) is 23.8 Å². The second-order valence-electron chi connectivity index (χ2n) is 23.5. The Labute approximate surface area is 541 Å². The van der Waals surface area contributed by atoms with E-state index in [4.69, 9.17) is 29.5 Å². The highest BCUT2D eigenvalue weighted by atomic mass is 28.3. The number of benzene rings is 3. The second kappa shape index (κ2) is 28.7. The van der Waals surface area contributed by atoms with Crippen LogP contribution in [0.5, 0.6) is 0 Å². The van der Waals surface area contributed by atoms with Gasteiger partial charge >= 0.3 is 5.91 Å². The van der Waals surface area contributed by atoms with Gasteiger partial charge in [-0.3, -0.25) is 30.3 Å². The zero-order chi connectivity index (χ0) is 67.1. The zero-order valence-corrected chi connectivity index (χ0v) is 53.2. The van der Waals surface area contributed by atoms with Gasteiger partial charge in [0, 0.05) is 116 Å². The lowest BCUT2D eigenvalue weighted by molar-refractivity contribution is -0.115. The summed E-state index contributed by atoms with van der Waals surface area (Å²) in [6.07, 6.45) is 10.3. The molecule has 95 heavy (non-hydrogen) atoms. The van der Waals surface area contributed by atoms with Gasteiger partial charge in [0.15, 0.2) is 34.2 Å². The van der Waals surface area contributed by atoms with Crippen LogP contribution in [0.2, 0.25) is 19.6 Å². The molecule has 3 aliphatic rings. The van der Waals surface area contributed by atoms with E-state index in [0.717, 1.165) is 75.9 Å². The predicted octanol–water partition coefficient (Wildman–Crippen LogP) is 3.77. The van der Waals surface area contributed by atoms with Crippen LogP contribution < -0.4 is 54.0 Å². The highest BCUT2D eigenvalue weighted by Gasteiger charge is 2.25. The summed E-state index contributed by atoms with van der Waals surface area (Å²) in [5.74, 6) is 8.04. The number of nitrogens with zero attached hydrogens (tertiary/aromatic N) is 20. The van der Waals surface area contributed by atoms with Crippen molar-refractivity contribution in [1.82, 2.24) is 89.0 Å². The number of nitrogens with one attached hydrogen (secondary N) is 3. The molecule has 0 saturated carbocycles. The summed E-state index contributed by atoms with van der Waals surface area (Å²) in [5, 5.41) is 19.4. The molecule has 3 saturated heterocycles. The van der Waals surface area contributed by atoms with Gasteiger partial charge in [0.1, 0.15) is 43.0 Å². The normalized spacial score (nSPS) is 14.9. The van der Waals surface area contributed by atoms with Crippen LogP contribution in [0.25, 0.3) is 38.7 Å². The van der Waals surface area contributed by atoms with E-state index >= 15 is 0 Å². The number of piperazine rings is 3. The topological polar surface area (TPSA) is 325 Å². The van der Waals surface area contributed by atoms with Crippen molar-refractivity contribution in [3.05, 3.63) is 114 Å². The van der Waals surface area contributed by atoms with E-state index in [1.165, 1.54) is 40.9 Å². The van der Waals surface area contributed by atoms with Crippen molar-refractivity contribution >= 4 is 99.3 Å². The Hall–Kier alpha value is -10.6. The highest BCUT2D eigenvalue weighted by Crippen LogP contribution is 2.27. The molecule has 0 unspecified atom stereocenters. The molecule has 0 bridgehead atoms. The van der Waals surface area contributed by atoms with Gasteiger partial charge in [0.05, 0.1) is 71.4 Å². The summed E-state index contributed by atoms with van der Waals surface area (Å²) in [6.45, 7) is 18.5. The van der Waals surface area contributed by atoms with Gasteiger partial charge in [-0.1, -0.05) is 19.6 Å². The van der Waals surface area contributed by atoms with Crippen LogP contribution in [0.4, 0.5) is 72.9 Å². The van der Waals surface area contributed by atoms with Crippen LogP contribution in [0.1, 0.15) is 5.82 Å². The Morgan fingerprint density at radius 1 is 0.526 bits per heavy atom. The largest absolute Gasteiger partial charge is 0.368 e. The number of hydrogen-bond acceptors (Lipinski definition) is 23. The Bertz CT molecular complexity index is 4510. The van der Waals surface area contributed by atoms with Crippen LogP contribution >= 0.6 is 0 Å². The summed E-state index contributed by atoms with van der Waals surface area (Å²) in [4.78, 5) is 50.1. The number of nitrogens with two attached hydrogens (primary N) is 4. The molecule has 0 aliphatic carbocycles. The number of fused-ring (bicyclic) bond motifs is 5. The molecule has 10 aromatic rings. The minimum atomic E-state index is -1.67. The summed E-state index contributed by atoms with van der Waals surface area (Å²) < 4.78 is 88.2. The van der Waals surface area contributed by atoms with Crippen LogP contribution in [-0.2, 0) is 24.4 Å². The molecule has 3 aliphatic heterocycles. The molecule has 3 aromatic carbocycles. The van der Waals surface area contributed by atoms with Crippen LogP contribution in [0.3, 0.4) is 0 Å². The predicted molar refractivity (Wildman–Crippen MR) is 352 cm³/mol. The van der Waals surface area contributed by atoms with Crippen molar-refractivity contribution < 1.29 is 31.1 Å². The first kappa shape index (κ1) is 65.9. The molecule has 0 atom stereocenters. The lowest BCUT2D eigenvalue weighted by atomic mass is 10.2. The minimum absolute atomic E-state index is 0.0455. The highest BCUT2D eigenvalue weighted by molar-refractivity contribution is 6.84. The van der Waals surface area contributed by atoms with Gasteiger partial charge in [-0.05, 0) is 48.2 Å². The molecule has 496 valence electrons. The molecule has 0 spiro atoms. The maximum atomic E-state index is 14.1. The maximum Gasteiger partial charge on any atom is 0.313 e. The molecule has 1 amide bonds.